The van der Waals surface area contributed by atoms with E-state index < -0.39 is 0 Å². The molecule has 0 bridgehead atoms. The molecule has 19 heavy (non-hydrogen) atoms. The van der Waals surface area contributed by atoms with Gasteiger partial charge in [0.15, 0.2) is 0 Å². The highest BCUT2D eigenvalue weighted by Gasteiger charge is 2.18. The van der Waals surface area contributed by atoms with E-state index in [1.807, 2.05) is 20.8 Å². The number of aryl methyl sites for hydroxylation is 1. The van der Waals surface area contributed by atoms with Gasteiger partial charge in [-0.3, -0.25) is 4.79 Å². The van der Waals surface area contributed by atoms with Crippen LogP contribution in [0.3, 0.4) is 0 Å². The van der Waals surface area contributed by atoms with Crippen LogP contribution in [0.1, 0.15) is 32.9 Å². The summed E-state index contributed by atoms with van der Waals surface area (Å²) >= 11 is 11.8. The van der Waals surface area contributed by atoms with Crippen molar-refractivity contribution < 1.29 is 4.79 Å². The number of benzene rings is 1. The quantitative estimate of drug-likeness (QED) is 0.648. The second-order valence-corrected chi connectivity index (χ2v) is 5.35. The van der Waals surface area contributed by atoms with Crippen LogP contribution in [-0.2, 0) is 0 Å². The van der Waals surface area contributed by atoms with Crippen LogP contribution in [0.2, 0.25) is 10.0 Å². The molecule has 3 nitrogen and oxygen atoms in total. The number of halogens is 2. The highest BCUT2D eigenvalue weighted by atomic mass is 35.5. The van der Waals surface area contributed by atoms with Gasteiger partial charge in [0, 0.05) is 11.3 Å². The molecule has 0 atom stereocenters. The number of aromatic amines is 1. The Balaban J connectivity index is 2.53. The Hall–Kier alpha value is -1.45. The van der Waals surface area contributed by atoms with E-state index in [4.69, 9.17) is 28.9 Å². The van der Waals surface area contributed by atoms with Crippen LogP contribution in [0, 0.1) is 20.8 Å². The molecule has 3 N–H and O–H groups in total. The minimum absolute atomic E-state index is 0.140. The summed E-state index contributed by atoms with van der Waals surface area (Å²) in [6.45, 7) is 5.82. The summed E-state index contributed by atoms with van der Waals surface area (Å²) in [7, 11) is 0. The van der Waals surface area contributed by atoms with E-state index in [1.165, 1.54) is 6.07 Å². The van der Waals surface area contributed by atoms with Crippen LogP contribution in [-0.4, -0.2) is 10.8 Å². The Bertz CT molecular complexity index is 651. The third kappa shape index (κ3) is 2.36. The molecule has 2 rings (SSSR count). The van der Waals surface area contributed by atoms with E-state index in [-0.39, 0.29) is 15.8 Å². The fourth-order valence-electron chi connectivity index (χ4n) is 1.96. The molecule has 1 aromatic carbocycles. The van der Waals surface area contributed by atoms with Gasteiger partial charge in [-0.25, -0.2) is 0 Å². The van der Waals surface area contributed by atoms with E-state index in [2.05, 4.69) is 4.98 Å². The van der Waals surface area contributed by atoms with Crippen LogP contribution < -0.4 is 5.73 Å². The fraction of sp³-hybridized carbons (Fsp3) is 0.214. The number of nitrogen functional groups attached to an aromatic ring is 1. The first-order chi connectivity index (χ1) is 8.82. The van der Waals surface area contributed by atoms with Gasteiger partial charge in [-0.05, 0) is 44.0 Å². The molecule has 1 aromatic heterocycles. The maximum Gasteiger partial charge on any atom is 0.209 e. The molecule has 5 heteroatoms. The first kappa shape index (κ1) is 14.0. The van der Waals surface area contributed by atoms with Crippen LogP contribution in [0.25, 0.3) is 0 Å². The monoisotopic (exact) mass is 296 g/mol. The van der Waals surface area contributed by atoms with E-state index in [0.717, 1.165) is 16.8 Å². The maximum atomic E-state index is 12.5. The van der Waals surface area contributed by atoms with Gasteiger partial charge < -0.3 is 10.7 Å². The number of H-pyrrole nitrogens is 1. The van der Waals surface area contributed by atoms with Crippen molar-refractivity contribution in [1.29, 1.82) is 0 Å². The Morgan fingerprint density at radius 1 is 1.16 bits per heavy atom. The summed E-state index contributed by atoms with van der Waals surface area (Å²) in [5, 5.41) is 0.552. The molecule has 2 aromatic rings. The molecule has 0 aliphatic rings. The van der Waals surface area contributed by atoms with Crippen molar-refractivity contribution in [2.45, 2.75) is 20.8 Å². The average Bonchev–Trinajstić information content (AvgIpc) is 2.62. The van der Waals surface area contributed by atoms with Gasteiger partial charge in [0.05, 0.1) is 21.4 Å². The third-order valence-corrected chi connectivity index (χ3v) is 4.17. The molecule has 100 valence electrons. The lowest BCUT2D eigenvalue weighted by atomic mass is 10.0. The molecule has 0 spiro atoms. The second kappa shape index (κ2) is 4.91. The second-order valence-electron chi connectivity index (χ2n) is 4.57. The molecule has 0 amide bonds. The lowest BCUT2D eigenvalue weighted by molar-refractivity contribution is 0.103. The number of carbonyl (C=O) groups is 1. The Kier molecular flexibility index (Phi) is 3.61. The number of aromatic nitrogens is 1. The minimum Gasteiger partial charge on any atom is -0.397 e. The van der Waals surface area contributed by atoms with Crippen molar-refractivity contribution >= 4 is 34.7 Å². The molecule has 0 saturated carbocycles. The van der Waals surface area contributed by atoms with E-state index >= 15 is 0 Å². The standard InChI is InChI=1S/C14H14Cl2N2O/c1-6-7(2)13(18-8(6)3)14(19)9-4-10(15)12(16)11(17)5-9/h4-5,18H,17H2,1-3H3. The largest absolute Gasteiger partial charge is 0.397 e. The molecule has 0 saturated heterocycles. The normalized spacial score (nSPS) is 10.8. The average molecular weight is 297 g/mol. The van der Waals surface area contributed by atoms with Gasteiger partial charge in [-0.1, -0.05) is 23.2 Å². The lowest BCUT2D eigenvalue weighted by Gasteiger charge is -2.06. The maximum absolute atomic E-state index is 12.5. The Morgan fingerprint density at radius 3 is 2.26 bits per heavy atom. The van der Waals surface area contributed by atoms with Crippen LogP contribution in [0.15, 0.2) is 12.1 Å². The smallest absolute Gasteiger partial charge is 0.209 e. The summed E-state index contributed by atoms with van der Waals surface area (Å²) in [5.74, 6) is -0.140. The predicted molar refractivity (Wildman–Crippen MR) is 79.3 cm³/mol. The molecular weight excluding hydrogens is 283 g/mol. The van der Waals surface area contributed by atoms with Crippen molar-refractivity contribution in [1.82, 2.24) is 4.98 Å². The molecule has 0 fully saturated rings. The predicted octanol–water partition coefficient (Wildman–Crippen LogP) is 4.06. The zero-order valence-corrected chi connectivity index (χ0v) is 12.4. The summed E-state index contributed by atoms with van der Waals surface area (Å²) in [6, 6.07) is 3.08. The minimum atomic E-state index is -0.140. The van der Waals surface area contributed by atoms with Gasteiger partial charge in [-0.2, -0.15) is 0 Å². The zero-order valence-electron chi connectivity index (χ0n) is 10.9. The SMILES string of the molecule is Cc1[nH]c(C(=O)c2cc(N)c(Cl)c(Cl)c2)c(C)c1C. The summed E-state index contributed by atoms with van der Waals surface area (Å²) in [4.78, 5) is 15.6. The van der Waals surface area contributed by atoms with E-state index in [0.29, 0.717) is 16.9 Å². The van der Waals surface area contributed by atoms with E-state index in [9.17, 15) is 4.79 Å². The summed E-state index contributed by atoms with van der Waals surface area (Å²) < 4.78 is 0. The van der Waals surface area contributed by atoms with Crippen molar-refractivity contribution in [3.8, 4) is 0 Å². The molecule has 0 radical (unpaired) electrons. The van der Waals surface area contributed by atoms with Gasteiger partial charge in [0.2, 0.25) is 5.78 Å². The number of hydrogen-bond donors (Lipinski definition) is 2. The van der Waals surface area contributed by atoms with Crippen molar-refractivity contribution in [2.75, 3.05) is 5.73 Å². The first-order valence-corrected chi connectivity index (χ1v) is 6.53. The Labute approximate surface area is 121 Å². The first-order valence-electron chi connectivity index (χ1n) is 5.78. The topological polar surface area (TPSA) is 58.9 Å². The van der Waals surface area contributed by atoms with Crippen LogP contribution >= 0.6 is 23.2 Å². The van der Waals surface area contributed by atoms with Gasteiger partial charge in [-0.15, -0.1) is 0 Å². The molecule has 0 unspecified atom stereocenters. The molecular formula is C14H14Cl2N2O. The number of nitrogens with one attached hydrogen (secondary N) is 1. The van der Waals surface area contributed by atoms with Crippen LogP contribution in [0.4, 0.5) is 5.69 Å². The van der Waals surface area contributed by atoms with E-state index in [1.54, 1.807) is 6.07 Å². The summed E-state index contributed by atoms with van der Waals surface area (Å²) in [6.07, 6.45) is 0. The Morgan fingerprint density at radius 2 is 1.79 bits per heavy atom. The zero-order chi connectivity index (χ0) is 14.3. The number of carbonyl (C=O) groups excluding carboxylic acids is 1. The third-order valence-electron chi connectivity index (χ3n) is 3.36. The number of nitrogens with two attached hydrogens (primary N) is 1. The van der Waals surface area contributed by atoms with Crippen molar-refractivity contribution in [2.24, 2.45) is 0 Å². The number of rotatable bonds is 2. The van der Waals surface area contributed by atoms with Gasteiger partial charge in [0.25, 0.3) is 0 Å². The molecule has 0 aliphatic carbocycles. The van der Waals surface area contributed by atoms with Crippen LogP contribution in [0.5, 0.6) is 0 Å². The van der Waals surface area contributed by atoms with Gasteiger partial charge in [0.1, 0.15) is 0 Å². The van der Waals surface area contributed by atoms with Crippen molar-refractivity contribution in [3.63, 3.8) is 0 Å². The fourth-order valence-corrected chi connectivity index (χ4v) is 2.29. The summed E-state index contributed by atoms with van der Waals surface area (Å²) in [5.41, 5.74) is 10.0. The number of anilines is 1. The van der Waals surface area contributed by atoms with Crippen molar-refractivity contribution in [3.05, 3.63) is 50.3 Å². The highest BCUT2D eigenvalue weighted by molar-refractivity contribution is 6.44. The number of hydrogen-bond acceptors (Lipinski definition) is 2. The number of ketones is 1. The lowest BCUT2D eigenvalue weighted by Crippen LogP contribution is -2.05. The molecule has 0 aliphatic heterocycles. The highest BCUT2D eigenvalue weighted by Crippen LogP contribution is 2.30. The van der Waals surface area contributed by atoms with Gasteiger partial charge >= 0.3 is 0 Å². The molecule has 1 heterocycles.